The molecular weight excluding hydrogens is 304 g/mol. The van der Waals surface area contributed by atoms with Crippen molar-refractivity contribution in [2.24, 2.45) is 0 Å². The van der Waals surface area contributed by atoms with Crippen molar-refractivity contribution >= 4 is 0 Å². The van der Waals surface area contributed by atoms with Crippen LogP contribution >= 0.6 is 0 Å². The molecule has 120 valence electrons. The Hall–Kier alpha value is -3.22. The second-order valence-electron chi connectivity index (χ2n) is 5.38. The maximum atomic E-state index is 5.42. The standard InChI is InChI=1S/C17H16N6O/c1-2-14-9-16(24-21-14)17-19-7-8-22(17)10-13-5-3-4-6-15(13)23-12-18-11-20-23/h3-9,11-12H,2,10H2,1H3. The van der Waals surface area contributed by atoms with Gasteiger partial charge in [-0.25, -0.2) is 14.6 Å². The van der Waals surface area contributed by atoms with E-state index in [0.717, 1.165) is 29.2 Å². The van der Waals surface area contributed by atoms with Gasteiger partial charge in [-0.1, -0.05) is 30.3 Å². The topological polar surface area (TPSA) is 74.6 Å². The Morgan fingerprint density at radius 3 is 2.92 bits per heavy atom. The Kier molecular flexibility index (Phi) is 3.66. The number of para-hydroxylation sites is 1. The Balaban J connectivity index is 1.69. The summed E-state index contributed by atoms with van der Waals surface area (Å²) in [5, 5.41) is 8.27. The molecular formula is C17H16N6O. The minimum atomic E-state index is 0.646. The van der Waals surface area contributed by atoms with Gasteiger partial charge in [0.05, 0.1) is 17.9 Å². The third-order valence-corrected chi connectivity index (χ3v) is 3.85. The van der Waals surface area contributed by atoms with Gasteiger partial charge in [-0.3, -0.25) is 0 Å². The lowest BCUT2D eigenvalue weighted by Gasteiger charge is -2.11. The minimum absolute atomic E-state index is 0.646. The molecule has 1 aromatic carbocycles. The highest BCUT2D eigenvalue weighted by Crippen LogP contribution is 2.22. The summed E-state index contributed by atoms with van der Waals surface area (Å²) in [4.78, 5) is 8.44. The molecule has 0 bridgehead atoms. The van der Waals surface area contributed by atoms with Crippen LogP contribution in [-0.2, 0) is 13.0 Å². The van der Waals surface area contributed by atoms with Crippen molar-refractivity contribution in [2.45, 2.75) is 19.9 Å². The van der Waals surface area contributed by atoms with E-state index in [4.69, 9.17) is 4.52 Å². The molecule has 0 atom stereocenters. The van der Waals surface area contributed by atoms with Crippen LogP contribution in [0.25, 0.3) is 17.3 Å². The number of rotatable bonds is 5. The number of benzene rings is 1. The Morgan fingerprint density at radius 2 is 2.12 bits per heavy atom. The first-order valence-electron chi connectivity index (χ1n) is 7.75. The third kappa shape index (κ3) is 2.60. The normalized spacial score (nSPS) is 11.0. The first kappa shape index (κ1) is 14.4. The predicted molar refractivity (Wildman–Crippen MR) is 87.6 cm³/mol. The van der Waals surface area contributed by atoms with Crippen LogP contribution in [0.5, 0.6) is 0 Å². The van der Waals surface area contributed by atoms with Gasteiger partial charge < -0.3 is 9.09 Å². The molecule has 0 aliphatic rings. The molecule has 0 fully saturated rings. The summed E-state index contributed by atoms with van der Waals surface area (Å²) in [6.07, 6.45) is 7.75. The van der Waals surface area contributed by atoms with Crippen LogP contribution < -0.4 is 0 Å². The zero-order chi connectivity index (χ0) is 16.4. The summed E-state index contributed by atoms with van der Waals surface area (Å²) < 4.78 is 9.22. The molecule has 24 heavy (non-hydrogen) atoms. The Bertz CT molecular complexity index is 938. The summed E-state index contributed by atoms with van der Waals surface area (Å²) in [6.45, 7) is 2.69. The highest BCUT2D eigenvalue weighted by atomic mass is 16.5. The van der Waals surface area contributed by atoms with E-state index in [1.165, 1.54) is 6.33 Å². The van der Waals surface area contributed by atoms with Crippen LogP contribution in [0.1, 0.15) is 18.2 Å². The molecule has 0 amide bonds. The molecule has 3 aromatic heterocycles. The van der Waals surface area contributed by atoms with Crippen LogP contribution in [0.15, 0.2) is 59.9 Å². The maximum absolute atomic E-state index is 5.42. The summed E-state index contributed by atoms with van der Waals surface area (Å²) in [6, 6.07) is 10.0. The van der Waals surface area contributed by atoms with Crippen molar-refractivity contribution in [1.82, 2.24) is 29.5 Å². The molecule has 0 aliphatic heterocycles. The molecule has 7 heteroatoms. The van der Waals surface area contributed by atoms with Crippen LogP contribution in [0.3, 0.4) is 0 Å². The molecule has 0 aliphatic carbocycles. The van der Waals surface area contributed by atoms with E-state index < -0.39 is 0 Å². The van der Waals surface area contributed by atoms with Gasteiger partial charge in [-0.05, 0) is 18.1 Å². The molecule has 0 spiro atoms. The van der Waals surface area contributed by atoms with E-state index in [1.54, 1.807) is 17.2 Å². The fraction of sp³-hybridized carbons (Fsp3) is 0.176. The van der Waals surface area contributed by atoms with Crippen molar-refractivity contribution in [3.8, 4) is 17.3 Å². The van der Waals surface area contributed by atoms with Gasteiger partial charge >= 0.3 is 0 Å². The van der Waals surface area contributed by atoms with E-state index in [9.17, 15) is 0 Å². The number of aromatic nitrogens is 6. The second-order valence-corrected chi connectivity index (χ2v) is 5.38. The zero-order valence-corrected chi connectivity index (χ0v) is 13.2. The number of imidazole rings is 1. The monoisotopic (exact) mass is 320 g/mol. The highest BCUT2D eigenvalue weighted by molar-refractivity contribution is 5.49. The number of nitrogens with zero attached hydrogens (tertiary/aromatic N) is 6. The largest absolute Gasteiger partial charge is 0.353 e. The average molecular weight is 320 g/mol. The van der Waals surface area contributed by atoms with Crippen LogP contribution in [0.4, 0.5) is 0 Å². The minimum Gasteiger partial charge on any atom is -0.353 e. The first-order valence-corrected chi connectivity index (χ1v) is 7.75. The maximum Gasteiger partial charge on any atom is 0.202 e. The fourth-order valence-electron chi connectivity index (χ4n) is 2.63. The molecule has 0 saturated carbocycles. The molecule has 4 rings (SSSR count). The van der Waals surface area contributed by atoms with Gasteiger partial charge in [0.15, 0.2) is 5.82 Å². The quantitative estimate of drug-likeness (QED) is 0.565. The van der Waals surface area contributed by atoms with Gasteiger partial charge in [0, 0.05) is 18.5 Å². The van der Waals surface area contributed by atoms with E-state index in [1.807, 2.05) is 42.0 Å². The van der Waals surface area contributed by atoms with Gasteiger partial charge in [0.25, 0.3) is 0 Å². The van der Waals surface area contributed by atoms with E-state index in [0.29, 0.717) is 12.3 Å². The molecule has 0 unspecified atom stereocenters. The lowest BCUT2D eigenvalue weighted by atomic mass is 10.1. The molecule has 0 N–H and O–H groups in total. The SMILES string of the molecule is CCc1cc(-c2nccn2Cc2ccccc2-n2cncn2)on1. The fourth-order valence-corrected chi connectivity index (χ4v) is 2.63. The van der Waals surface area contributed by atoms with Crippen molar-refractivity contribution in [3.05, 3.63) is 66.6 Å². The smallest absolute Gasteiger partial charge is 0.202 e. The van der Waals surface area contributed by atoms with Gasteiger partial charge in [0.2, 0.25) is 5.76 Å². The first-order chi connectivity index (χ1) is 11.8. The summed E-state index contributed by atoms with van der Waals surface area (Å²) in [7, 11) is 0. The molecule has 4 aromatic rings. The third-order valence-electron chi connectivity index (χ3n) is 3.85. The molecule has 3 heterocycles. The lowest BCUT2D eigenvalue weighted by Crippen LogP contribution is -2.06. The van der Waals surface area contributed by atoms with E-state index in [2.05, 4.69) is 26.3 Å². The van der Waals surface area contributed by atoms with Crippen LogP contribution in [0.2, 0.25) is 0 Å². The second kappa shape index (κ2) is 6.11. The van der Waals surface area contributed by atoms with Crippen molar-refractivity contribution in [1.29, 1.82) is 0 Å². The predicted octanol–water partition coefficient (Wildman–Crippen LogP) is 2.73. The molecule has 0 radical (unpaired) electrons. The Morgan fingerprint density at radius 1 is 1.21 bits per heavy atom. The summed E-state index contributed by atoms with van der Waals surface area (Å²) in [5.74, 6) is 1.44. The van der Waals surface area contributed by atoms with Gasteiger partial charge in [-0.15, -0.1) is 0 Å². The highest BCUT2D eigenvalue weighted by Gasteiger charge is 2.14. The van der Waals surface area contributed by atoms with E-state index >= 15 is 0 Å². The van der Waals surface area contributed by atoms with Gasteiger partial charge in [-0.2, -0.15) is 5.10 Å². The summed E-state index contributed by atoms with van der Waals surface area (Å²) in [5.41, 5.74) is 3.02. The van der Waals surface area contributed by atoms with Crippen molar-refractivity contribution in [2.75, 3.05) is 0 Å². The lowest BCUT2D eigenvalue weighted by molar-refractivity contribution is 0.420. The molecule has 7 nitrogen and oxygen atoms in total. The number of hydrogen-bond donors (Lipinski definition) is 0. The Labute approximate surface area is 138 Å². The molecule has 0 saturated heterocycles. The zero-order valence-electron chi connectivity index (χ0n) is 13.2. The van der Waals surface area contributed by atoms with Gasteiger partial charge in [0.1, 0.15) is 12.7 Å². The van der Waals surface area contributed by atoms with Crippen molar-refractivity contribution in [3.63, 3.8) is 0 Å². The van der Waals surface area contributed by atoms with Crippen LogP contribution in [0, 0.1) is 0 Å². The van der Waals surface area contributed by atoms with Crippen LogP contribution in [-0.4, -0.2) is 29.5 Å². The summed E-state index contributed by atoms with van der Waals surface area (Å²) >= 11 is 0. The number of aryl methyl sites for hydroxylation is 1. The number of hydrogen-bond acceptors (Lipinski definition) is 5. The van der Waals surface area contributed by atoms with Crippen molar-refractivity contribution < 1.29 is 4.52 Å². The average Bonchev–Trinajstić information content (AvgIpc) is 3.36. The van der Waals surface area contributed by atoms with E-state index in [-0.39, 0.29) is 0 Å².